The summed E-state index contributed by atoms with van der Waals surface area (Å²) in [7, 11) is 2.81. The summed E-state index contributed by atoms with van der Waals surface area (Å²) in [5, 5.41) is 20.3. The fraction of sp³-hybridized carbons (Fsp3) is 0.316. The van der Waals surface area contributed by atoms with Gasteiger partial charge in [-0.1, -0.05) is 6.07 Å². The second-order valence-corrected chi connectivity index (χ2v) is 5.97. The topological polar surface area (TPSA) is 85.2 Å². The minimum absolute atomic E-state index is 0.0828. The number of hydrogen-bond acceptors (Lipinski definition) is 6. The van der Waals surface area contributed by atoms with Gasteiger partial charge >= 0.3 is 5.97 Å². The molecule has 25 heavy (non-hydrogen) atoms. The average Bonchev–Trinajstić information content (AvgIpc) is 2.63. The Bertz CT molecular complexity index is 785. The number of aromatic hydroxyl groups is 1. The maximum atomic E-state index is 11.9. The van der Waals surface area contributed by atoms with E-state index in [1.54, 1.807) is 18.2 Å². The molecule has 3 rings (SSSR count). The van der Waals surface area contributed by atoms with Gasteiger partial charge in [0.1, 0.15) is 22.8 Å². The molecular formula is C19H20O6. The van der Waals surface area contributed by atoms with Crippen LogP contribution < -0.4 is 9.47 Å². The molecule has 0 unspecified atom stereocenters. The van der Waals surface area contributed by atoms with Crippen molar-refractivity contribution in [3.63, 3.8) is 0 Å². The van der Waals surface area contributed by atoms with Crippen molar-refractivity contribution in [3.05, 3.63) is 53.1 Å². The Hall–Kier alpha value is -2.73. The molecule has 0 fully saturated rings. The van der Waals surface area contributed by atoms with Crippen molar-refractivity contribution in [2.24, 2.45) is 5.92 Å². The first-order valence-electron chi connectivity index (χ1n) is 7.92. The molecule has 0 aromatic heterocycles. The standard InChI is InChI=1S/C19H20O6/c1-23-16-5-3-11(8-15(16)19(22)24-2)7-12-10-25-17-6-4-13(20)9-14(17)18(12)21/h3-6,8-9,12,18,20-21H,7,10H2,1-2H3/t12-,18+/m0/s1. The molecule has 2 aromatic rings. The summed E-state index contributed by atoms with van der Waals surface area (Å²) in [6.45, 7) is 0.346. The Morgan fingerprint density at radius 2 is 2.04 bits per heavy atom. The largest absolute Gasteiger partial charge is 0.508 e. The Morgan fingerprint density at radius 3 is 2.76 bits per heavy atom. The molecule has 2 aromatic carbocycles. The van der Waals surface area contributed by atoms with Gasteiger partial charge in [0.05, 0.1) is 26.9 Å². The fourth-order valence-electron chi connectivity index (χ4n) is 3.07. The molecule has 1 aliphatic heterocycles. The quantitative estimate of drug-likeness (QED) is 0.829. The minimum atomic E-state index is -0.764. The van der Waals surface area contributed by atoms with Crippen LogP contribution in [-0.4, -0.2) is 37.0 Å². The van der Waals surface area contributed by atoms with Crippen LogP contribution in [0.5, 0.6) is 17.2 Å². The molecule has 2 atom stereocenters. The summed E-state index contributed by atoms with van der Waals surface area (Å²) in [5.74, 6) is 0.417. The zero-order chi connectivity index (χ0) is 18.0. The third-order valence-corrected chi connectivity index (χ3v) is 4.38. The first-order chi connectivity index (χ1) is 12.0. The number of aliphatic hydroxyl groups excluding tert-OH is 1. The SMILES string of the molecule is COC(=O)c1cc(C[C@H]2COc3ccc(O)cc3[C@@H]2O)ccc1OC. The Labute approximate surface area is 145 Å². The molecule has 0 saturated carbocycles. The van der Waals surface area contributed by atoms with Crippen LogP contribution in [0.25, 0.3) is 0 Å². The van der Waals surface area contributed by atoms with Crippen LogP contribution >= 0.6 is 0 Å². The van der Waals surface area contributed by atoms with Gasteiger partial charge in [0.25, 0.3) is 0 Å². The first kappa shape index (κ1) is 17.1. The molecule has 0 radical (unpaired) electrons. The van der Waals surface area contributed by atoms with E-state index >= 15 is 0 Å². The third-order valence-electron chi connectivity index (χ3n) is 4.38. The first-order valence-corrected chi connectivity index (χ1v) is 7.92. The van der Waals surface area contributed by atoms with E-state index in [-0.39, 0.29) is 11.7 Å². The van der Waals surface area contributed by atoms with Crippen molar-refractivity contribution >= 4 is 5.97 Å². The number of phenolic OH excluding ortho intramolecular Hbond substituents is 1. The smallest absolute Gasteiger partial charge is 0.341 e. The number of carbonyl (C=O) groups is 1. The number of methoxy groups -OCH3 is 2. The van der Waals surface area contributed by atoms with Crippen molar-refractivity contribution in [1.82, 2.24) is 0 Å². The summed E-state index contributed by atoms with van der Waals surface area (Å²) in [5.41, 5.74) is 1.77. The van der Waals surface area contributed by atoms with E-state index in [1.165, 1.54) is 26.4 Å². The summed E-state index contributed by atoms with van der Waals surface area (Å²) in [6.07, 6.45) is -0.260. The molecule has 1 heterocycles. The van der Waals surface area contributed by atoms with Crippen molar-refractivity contribution in [3.8, 4) is 17.2 Å². The lowest BCUT2D eigenvalue weighted by Gasteiger charge is -2.30. The van der Waals surface area contributed by atoms with Gasteiger partial charge in [-0.2, -0.15) is 0 Å². The van der Waals surface area contributed by atoms with Crippen LogP contribution in [0.15, 0.2) is 36.4 Å². The summed E-state index contributed by atoms with van der Waals surface area (Å²) < 4.78 is 15.7. The normalized spacial score (nSPS) is 18.8. The number of carbonyl (C=O) groups excluding carboxylic acids is 1. The molecule has 0 bridgehead atoms. The van der Waals surface area contributed by atoms with Gasteiger partial charge in [0.2, 0.25) is 0 Å². The maximum absolute atomic E-state index is 11.9. The summed E-state index contributed by atoms with van der Waals surface area (Å²) in [6, 6.07) is 9.94. The molecule has 2 N–H and O–H groups in total. The van der Waals surface area contributed by atoms with Crippen molar-refractivity contribution in [1.29, 1.82) is 0 Å². The van der Waals surface area contributed by atoms with Gasteiger partial charge < -0.3 is 24.4 Å². The van der Waals surface area contributed by atoms with Crippen LogP contribution in [0.3, 0.4) is 0 Å². The zero-order valence-electron chi connectivity index (χ0n) is 14.1. The number of esters is 1. The highest BCUT2D eigenvalue weighted by Gasteiger charge is 2.30. The van der Waals surface area contributed by atoms with Crippen LogP contribution in [-0.2, 0) is 11.2 Å². The minimum Gasteiger partial charge on any atom is -0.508 e. The van der Waals surface area contributed by atoms with Gasteiger partial charge in [-0.25, -0.2) is 4.79 Å². The molecular weight excluding hydrogens is 324 g/mol. The third kappa shape index (κ3) is 3.39. The summed E-state index contributed by atoms with van der Waals surface area (Å²) >= 11 is 0. The summed E-state index contributed by atoms with van der Waals surface area (Å²) in [4.78, 5) is 11.9. The van der Waals surface area contributed by atoms with E-state index in [4.69, 9.17) is 14.2 Å². The maximum Gasteiger partial charge on any atom is 0.341 e. The predicted octanol–water partition coefficient (Wildman–Crippen LogP) is 2.47. The molecule has 0 amide bonds. The molecule has 0 spiro atoms. The zero-order valence-corrected chi connectivity index (χ0v) is 14.1. The van der Waals surface area contributed by atoms with Crippen molar-refractivity contribution in [2.75, 3.05) is 20.8 Å². The van der Waals surface area contributed by atoms with E-state index in [0.29, 0.717) is 35.7 Å². The molecule has 6 heteroatoms. The molecule has 6 nitrogen and oxygen atoms in total. The highest BCUT2D eigenvalue weighted by Crippen LogP contribution is 2.38. The molecule has 1 aliphatic rings. The van der Waals surface area contributed by atoms with E-state index in [1.807, 2.05) is 6.07 Å². The predicted molar refractivity (Wildman–Crippen MR) is 90.1 cm³/mol. The monoisotopic (exact) mass is 344 g/mol. The van der Waals surface area contributed by atoms with Crippen LogP contribution in [0, 0.1) is 5.92 Å². The lowest BCUT2D eigenvalue weighted by molar-refractivity contribution is 0.0505. The average molecular weight is 344 g/mol. The van der Waals surface area contributed by atoms with Gasteiger partial charge in [0.15, 0.2) is 0 Å². The van der Waals surface area contributed by atoms with E-state index in [2.05, 4.69) is 0 Å². The van der Waals surface area contributed by atoms with Crippen LogP contribution in [0.2, 0.25) is 0 Å². The number of phenols is 1. The van der Waals surface area contributed by atoms with Gasteiger partial charge in [-0.3, -0.25) is 0 Å². The number of aliphatic hydroxyl groups is 1. The fourth-order valence-corrected chi connectivity index (χ4v) is 3.07. The Morgan fingerprint density at radius 1 is 1.24 bits per heavy atom. The lowest BCUT2D eigenvalue weighted by Crippen LogP contribution is -2.27. The van der Waals surface area contributed by atoms with Crippen LogP contribution in [0.4, 0.5) is 0 Å². The number of benzene rings is 2. The van der Waals surface area contributed by atoms with Crippen molar-refractivity contribution < 1.29 is 29.2 Å². The number of ether oxygens (including phenoxy) is 3. The van der Waals surface area contributed by atoms with Gasteiger partial charge in [-0.15, -0.1) is 0 Å². The van der Waals surface area contributed by atoms with E-state index in [9.17, 15) is 15.0 Å². The molecule has 0 aliphatic carbocycles. The van der Waals surface area contributed by atoms with Gasteiger partial charge in [0, 0.05) is 11.5 Å². The second kappa shape index (κ2) is 7.03. The number of rotatable bonds is 4. The van der Waals surface area contributed by atoms with E-state index < -0.39 is 12.1 Å². The number of fused-ring (bicyclic) bond motifs is 1. The highest BCUT2D eigenvalue weighted by molar-refractivity contribution is 5.92. The second-order valence-electron chi connectivity index (χ2n) is 5.97. The lowest BCUT2D eigenvalue weighted by atomic mass is 9.87. The Balaban J connectivity index is 1.84. The molecule has 132 valence electrons. The van der Waals surface area contributed by atoms with Crippen LogP contribution in [0.1, 0.15) is 27.6 Å². The Kier molecular flexibility index (Phi) is 4.81. The van der Waals surface area contributed by atoms with Gasteiger partial charge in [-0.05, 0) is 42.3 Å². The molecule has 0 saturated heterocycles. The van der Waals surface area contributed by atoms with E-state index in [0.717, 1.165) is 5.56 Å². The highest BCUT2D eigenvalue weighted by atomic mass is 16.5. The van der Waals surface area contributed by atoms with Crippen molar-refractivity contribution in [2.45, 2.75) is 12.5 Å². The number of hydrogen-bond donors (Lipinski definition) is 2.